The van der Waals surface area contributed by atoms with Gasteiger partial charge in [0.15, 0.2) is 0 Å². The zero-order chi connectivity index (χ0) is 12.8. The lowest BCUT2D eigenvalue weighted by molar-refractivity contribution is -0.136. The number of nitrogens with two attached hydrogens (primary N) is 1. The molecule has 0 aromatic heterocycles. The number of benzene rings is 1. The van der Waals surface area contributed by atoms with Crippen molar-refractivity contribution in [1.82, 2.24) is 4.31 Å². The Morgan fingerprint density at radius 1 is 1.41 bits per heavy atom. The molecule has 1 aliphatic heterocycles. The predicted octanol–water partition coefficient (Wildman–Crippen LogP) is -0.502. The van der Waals surface area contributed by atoms with Gasteiger partial charge in [0.05, 0.1) is 5.56 Å². The third-order valence-corrected chi connectivity index (χ3v) is 4.12. The van der Waals surface area contributed by atoms with Crippen LogP contribution in [0.15, 0.2) is 23.1 Å². The monoisotopic (exact) mass is 256 g/mol. The first-order valence-electron chi connectivity index (χ1n) is 4.53. The van der Waals surface area contributed by atoms with Crippen LogP contribution in [0.3, 0.4) is 0 Å². The molecule has 1 aliphatic rings. The number of sulfonamides is 1. The highest BCUT2D eigenvalue weighted by Crippen LogP contribution is 2.33. The molecule has 7 nitrogen and oxygen atoms in total. The topological polar surface area (TPSA) is 118 Å². The SMILES string of the molecule is Nc1cccc2c1C(=O)N(CC(=O)O)S2(=O)=O. The molecule has 1 amide bonds. The van der Waals surface area contributed by atoms with Crippen LogP contribution < -0.4 is 5.73 Å². The van der Waals surface area contributed by atoms with E-state index in [1.54, 1.807) is 0 Å². The van der Waals surface area contributed by atoms with E-state index >= 15 is 0 Å². The second kappa shape index (κ2) is 3.45. The summed E-state index contributed by atoms with van der Waals surface area (Å²) in [5.74, 6) is -2.31. The number of aliphatic carboxylic acids is 1. The van der Waals surface area contributed by atoms with Crippen LogP contribution in [0.1, 0.15) is 10.4 Å². The highest BCUT2D eigenvalue weighted by molar-refractivity contribution is 7.90. The highest BCUT2D eigenvalue weighted by atomic mass is 32.2. The molecule has 0 unspecified atom stereocenters. The van der Waals surface area contributed by atoms with Crippen LogP contribution in [0.2, 0.25) is 0 Å². The van der Waals surface area contributed by atoms with E-state index in [4.69, 9.17) is 10.8 Å². The van der Waals surface area contributed by atoms with E-state index in [9.17, 15) is 18.0 Å². The number of hydrogen-bond donors (Lipinski definition) is 2. The number of nitrogens with zero attached hydrogens (tertiary/aromatic N) is 1. The van der Waals surface area contributed by atoms with E-state index in [1.165, 1.54) is 18.2 Å². The molecule has 3 N–H and O–H groups in total. The minimum Gasteiger partial charge on any atom is -0.480 e. The van der Waals surface area contributed by atoms with Crippen LogP contribution in [0.4, 0.5) is 5.69 Å². The number of hydrogen-bond acceptors (Lipinski definition) is 5. The van der Waals surface area contributed by atoms with Crippen molar-refractivity contribution in [2.45, 2.75) is 4.90 Å². The van der Waals surface area contributed by atoms with Crippen LogP contribution in [-0.2, 0) is 14.8 Å². The number of carboxylic acid groups (broad SMARTS) is 1. The zero-order valence-electron chi connectivity index (χ0n) is 8.45. The summed E-state index contributed by atoms with van der Waals surface area (Å²) in [5, 5.41) is 8.58. The van der Waals surface area contributed by atoms with Crippen molar-refractivity contribution in [3.8, 4) is 0 Å². The maximum atomic E-state index is 11.9. The van der Waals surface area contributed by atoms with E-state index in [2.05, 4.69) is 0 Å². The van der Waals surface area contributed by atoms with Crippen LogP contribution in [0.25, 0.3) is 0 Å². The molecule has 0 radical (unpaired) electrons. The molecule has 0 spiro atoms. The molecule has 0 bridgehead atoms. The van der Waals surface area contributed by atoms with Crippen LogP contribution in [-0.4, -0.2) is 36.3 Å². The van der Waals surface area contributed by atoms with Gasteiger partial charge in [0.1, 0.15) is 11.4 Å². The van der Waals surface area contributed by atoms with Gasteiger partial charge in [0.25, 0.3) is 15.9 Å². The number of carboxylic acids is 1. The van der Waals surface area contributed by atoms with Gasteiger partial charge < -0.3 is 10.8 Å². The maximum absolute atomic E-state index is 11.9. The zero-order valence-corrected chi connectivity index (χ0v) is 9.27. The first kappa shape index (κ1) is 11.4. The molecule has 0 saturated heterocycles. The number of carbonyl (C=O) groups excluding carboxylic acids is 1. The minimum atomic E-state index is -4.09. The summed E-state index contributed by atoms with van der Waals surface area (Å²) in [4.78, 5) is 22.1. The van der Waals surface area contributed by atoms with E-state index in [0.29, 0.717) is 4.31 Å². The molecule has 0 aliphatic carbocycles. The molecule has 1 heterocycles. The van der Waals surface area contributed by atoms with Crippen molar-refractivity contribution in [3.63, 3.8) is 0 Å². The summed E-state index contributed by atoms with van der Waals surface area (Å²) in [5.41, 5.74) is 5.38. The molecular weight excluding hydrogens is 248 g/mol. The smallest absolute Gasteiger partial charge is 0.324 e. The quantitative estimate of drug-likeness (QED) is 0.688. The molecule has 1 aromatic rings. The van der Waals surface area contributed by atoms with Gasteiger partial charge in [0, 0.05) is 5.69 Å². The average molecular weight is 256 g/mol. The number of carbonyl (C=O) groups is 2. The van der Waals surface area contributed by atoms with Gasteiger partial charge in [-0.15, -0.1) is 0 Å². The van der Waals surface area contributed by atoms with Gasteiger partial charge >= 0.3 is 5.97 Å². The first-order valence-corrected chi connectivity index (χ1v) is 5.97. The Kier molecular flexibility index (Phi) is 2.32. The fourth-order valence-corrected chi connectivity index (χ4v) is 3.17. The second-order valence-corrected chi connectivity index (χ2v) is 5.26. The number of nitrogen functional groups attached to an aromatic ring is 1. The Balaban J connectivity index is 2.65. The summed E-state index contributed by atoms with van der Waals surface area (Å²) in [7, 11) is -4.09. The van der Waals surface area contributed by atoms with Gasteiger partial charge in [-0.2, -0.15) is 0 Å². The predicted molar refractivity (Wildman–Crippen MR) is 56.7 cm³/mol. The third kappa shape index (κ3) is 1.53. The number of amides is 1. The molecule has 90 valence electrons. The summed E-state index contributed by atoms with van der Waals surface area (Å²) in [6, 6.07) is 4.00. The average Bonchev–Trinajstić information content (AvgIpc) is 2.41. The van der Waals surface area contributed by atoms with Crippen LogP contribution in [0.5, 0.6) is 0 Å². The lowest BCUT2D eigenvalue weighted by Crippen LogP contribution is -2.34. The summed E-state index contributed by atoms with van der Waals surface area (Å²) in [6.45, 7) is -0.907. The molecule has 17 heavy (non-hydrogen) atoms. The van der Waals surface area contributed by atoms with Crippen LogP contribution >= 0.6 is 0 Å². The molecule has 1 aromatic carbocycles. The number of fused-ring (bicyclic) bond motifs is 1. The third-order valence-electron chi connectivity index (χ3n) is 2.35. The van der Waals surface area contributed by atoms with Crippen molar-refractivity contribution in [2.24, 2.45) is 0 Å². The summed E-state index contributed by atoms with van der Waals surface area (Å²) >= 11 is 0. The Morgan fingerprint density at radius 3 is 2.59 bits per heavy atom. The van der Waals surface area contributed by atoms with E-state index in [-0.39, 0.29) is 16.1 Å². The Morgan fingerprint density at radius 2 is 2.06 bits per heavy atom. The largest absolute Gasteiger partial charge is 0.480 e. The fourth-order valence-electron chi connectivity index (χ4n) is 1.62. The molecule has 0 saturated carbocycles. The molecule has 0 atom stereocenters. The Bertz CT molecular complexity index is 622. The Labute approximate surface area is 96.5 Å². The minimum absolute atomic E-state index is 0.0176. The van der Waals surface area contributed by atoms with Crippen molar-refractivity contribution in [1.29, 1.82) is 0 Å². The van der Waals surface area contributed by atoms with E-state index in [1.807, 2.05) is 0 Å². The van der Waals surface area contributed by atoms with Gasteiger partial charge in [-0.1, -0.05) is 6.07 Å². The highest BCUT2D eigenvalue weighted by Gasteiger charge is 2.43. The van der Waals surface area contributed by atoms with Gasteiger partial charge in [-0.25, -0.2) is 12.7 Å². The lowest BCUT2D eigenvalue weighted by Gasteiger charge is -2.11. The molecule has 2 rings (SSSR count). The van der Waals surface area contributed by atoms with Crippen molar-refractivity contribution >= 4 is 27.6 Å². The van der Waals surface area contributed by atoms with E-state index in [0.717, 1.165) is 0 Å². The molecular formula is C9H8N2O5S. The Hall–Kier alpha value is -2.09. The number of anilines is 1. The fraction of sp³-hybridized carbons (Fsp3) is 0.111. The standard InChI is InChI=1S/C9H8N2O5S/c10-5-2-1-3-6-8(5)9(14)11(4-7(12)13)17(6,15)16/h1-3H,4,10H2,(H,12,13). The maximum Gasteiger partial charge on any atom is 0.324 e. The van der Waals surface area contributed by atoms with Crippen molar-refractivity contribution < 1.29 is 23.1 Å². The molecule has 0 fully saturated rings. The lowest BCUT2D eigenvalue weighted by atomic mass is 10.1. The second-order valence-electron chi connectivity index (χ2n) is 3.43. The van der Waals surface area contributed by atoms with Gasteiger partial charge in [-0.05, 0) is 12.1 Å². The van der Waals surface area contributed by atoms with E-state index < -0.39 is 28.4 Å². The summed E-state index contributed by atoms with van der Waals surface area (Å²) < 4.78 is 24.0. The normalized spacial score (nSPS) is 16.9. The van der Waals surface area contributed by atoms with Crippen molar-refractivity contribution in [3.05, 3.63) is 23.8 Å². The number of rotatable bonds is 2. The molecule has 8 heteroatoms. The van der Waals surface area contributed by atoms with Crippen molar-refractivity contribution in [2.75, 3.05) is 12.3 Å². The van der Waals surface area contributed by atoms with Gasteiger partial charge in [-0.3, -0.25) is 9.59 Å². The summed E-state index contributed by atoms with van der Waals surface area (Å²) in [6.07, 6.45) is 0. The first-order chi connectivity index (χ1) is 7.85. The van der Waals surface area contributed by atoms with Crippen LogP contribution in [0, 0.1) is 0 Å². The van der Waals surface area contributed by atoms with Gasteiger partial charge in [0.2, 0.25) is 0 Å².